The summed E-state index contributed by atoms with van der Waals surface area (Å²) < 4.78 is 5.00. The Balaban J connectivity index is 2.76. The summed E-state index contributed by atoms with van der Waals surface area (Å²) in [4.78, 5) is 11.5. The third-order valence-electron chi connectivity index (χ3n) is 1.81. The molecule has 0 aliphatic rings. The highest BCUT2D eigenvalue weighted by molar-refractivity contribution is 6.30. The molecule has 0 aliphatic heterocycles. The molecule has 82 valence electrons. The first-order valence-corrected chi connectivity index (χ1v) is 5.10. The van der Waals surface area contributed by atoms with Gasteiger partial charge >= 0.3 is 5.97 Å². The molecule has 1 aromatic rings. The molecule has 4 heteroatoms. The molecule has 0 aromatic heterocycles. The van der Waals surface area contributed by atoms with Gasteiger partial charge < -0.3 is 10.5 Å². The van der Waals surface area contributed by atoms with Gasteiger partial charge in [0.05, 0.1) is 6.10 Å². The van der Waals surface area contributed by atoms with Gasteiger partial charge in [-0.15, -0.1) is 0 Å². The van der Waals surface area contributed by atoms with Crippen molar-refractivity contribution in [1.82, 2.24) is 0 Å². The first-order valence-electron chi connectivity index (χ1n) is 4.72. The van der Waals surface area contributed by atoms with E-state index in [1.54, 1.807) is 38.1 Å². The fourth-order valence-corrected chi connectivity index (χ4v) is 1.34. The Kier molecular flexibility index (Phi) is 4.12. The van der Waals surface area contributed by atoms with Gasteiger partial charge in [-0.05, 0) is 31.5 Å². The summed E-state index contributed by atoms with van der Waals surface area (Å²) in [7, 11) is 0. The number of ether oxygens (including phenoxy) is 1. The average Bonchev–Trinajstić information content (AvgIpc) is 2.15. The molecule has 1 atom stereocenters. The lowest BCUT2D eigenvalue weighted by atomic mass is 10.1. The molecule has 0 aliphatic carbocycles. The summed E-state index contributed by atoms with van der Waals surface area (Å²) >= 11 is 5.79. The van der Waals surface area contributed by atoms with E-state index in [9.17, 15) is 4.79 Å². The van der Waals surface area contributed by atoms with Crippen LogP contribution in [-0.2, 0) is 9.53 Å². The Morgan fingerprint density at radius 1 is 1.47 bits per heavy atom. The van der Waals surface area contributed by atoms with Crippen LogP contribution in [0.5, 0.6) is 0 Å². The van der Waals surface area contributed by atoms with E-state index in [1.165, 1.54) is 0 Å². The Hall–Kier alpha value is -1.06. The number of nitrogens with two attached hydrogens (primary N) is 1. The molecule has 0 amide bonds. The van der Waals surface area contributed by atoms with Crippen molar-refractivity contribution in [2.24, 2.45) is 5.73 Å². The van der Waals surface area contributed by atoms with Crippen molar-refractivity contribution in [1.29, 1.82) is 0 Å². The molecule has 1 aromatic carbocycles. The second kappa shape index (κ2) is 5.14. The van der Waals surface area contributed by atoms with E-state index >= 15 is 0 Å². The largest absolute Gasteiger partial charge is 0.462 e. The van der Waals surface area contributed by atoms with E-state index in [4.69, 9.17) is 22.1 Å². The fraction of sp³-hybridized carbons (Fsp3) is 0.364. The van der Waals surface area contributed by atoms with Crippen LogP contribution in [0.2, 0.25) is 5.02 Å². The molecule has 0 heterocycles. The lowest BCUT2D eigenvalue weighted by molar-refractivity contribution is -0.149. The van der Waals surface area contributed by atoms with Crippen LogP contribution in [0.1, 0.15) is 25.5 Å². The van der Waals surface area contributed by atoms with Crippen molar-refractivity contribution in [2.45, 2.75) is 26.0 Å². The van der Waals surface area contributed by atoms with Gasteiger partial charge in [0.1, 0.15) is 6.04 Å². The van der Waals surface area contributed by atoms with Crippen LogP contribution in [0.3, 0.4) is 0 Å². The van der Waals surface area contributed by atoms with Gasteiger partial charge in [0, 0.05) is 5.02 Å². The maximum atomic E-state index is 11.5. The van der Waals surface area contributed by atoms with E-state index in [1.807, 2.05) is 0 Å². The molecule has 2 N–H and O–H groups in total. The van der Waals surface area contributed by atoms with Gasteiger partial charge in [-0.2, -0.15) is 0 Å². The van der Waals surface area contributed by atoms with Crippen LogP contribution in [0.25, 0.3) is 0 Å². The van der Waals surface area contributed by atoms with Crippen molar-refractivity contribution in [2.75, 3.05) is 0 Å². The summed E-state index contributed by atoms with van der Waals surface area (Å²) in [6, 6.07) is 6.11. The molecular formula is C11H14ClNO2. The van der Waals surface area contributed by atoms with Crippen LogP contribution < -0.4 is 5.73 Å². The van der Waals surface area contributed by atoms with Crippen LogP contribution in [0, 0.1) is 0 Å². The number of carbonyl (C=O) groups is 1. The minimum atomic E-state index is -0.772. The number of hydrogen-bond acceptors (Lipinski definition) is 3. The highest BCUT2D eigenvalue weighted by Gasteiger charge is 2.18. The van der Waals surface area contributed by atoms with Gasteiger partial charge in [-0.1, -0.05) is 23.7 Å². The van der Waals surface area contributed by atoms with E-state index in [0.29, 0.717) is 10.6 Å². The lowest BCUT2D eigenvalue weighted by Crippen LogP contribution is -2.26. The average molecular weight is 228 g/mol. The quantitative estimate of drug-likeness (QED) is 0.807. The van der Waals surface area contributed by atoms with Crippen molar-refractivity contribution >= 4 is 17.6 Å². The minimum absolute atomic E-state index is 0.164. The van der Waals surface area contributed by atoms with Crippen LogP contribution in [-0.4, -0.2) is 12.1 Å². The number of benzene rings is 1. The Bertz CT molecular complexity index is 352. The number of esters is 1. The number of halogens is 1. The zero-order valence-electron chi connectivity index (χ0n) is 8.74. The maximum Gasteiger partial charge on any atom is 0.327 e. The van der Waals surface area contributed by atoms with Crippen LogP contribution in [0.4, 0.5) is 0 Å². The predicted octanol–water partition coefficient (Wildman–Crippen LogP) is 2.29. The van der Waals surface area contributed by atoms with E-state index in [-0.39, 0.29) is 6.10 Å². The van der Waals surface area contributed by atoms with Gasteiger partial charge in [0.25, 0.3) is 0 Å². The molecule has 3 nitrogen and oxygen atoms in total. The molecule has 0 saturated heterocycles. The zero-order chi connectivity index (χ0) is 11.4. The van der Waals surface area contributed by atoms with Crippen molar-refractivity contribution < 1.29 is 9.53 Å². The fourth-order valence-electron chi connectivity index (χ4n) is 1.14. The minimum Gasteiger partial charge on any atom is -0.462 e. The molecule has 15 heavy (non-hydrogen) atoms. The van der Waals surface area contributed by atoms with E-state index in [0.717, 1.165) is 0 Å². The van der Waals surface area contributed by atoms with Crippen molar-refractivity contribution in [3.63, 3.8) is 0 Å². The molecule has 0 fully saturated rings. The molecule has 0 saturated carbocycles. The zero-order valence-corrected chi connectivity index (χ0v) is 9.49. The van der Waals surface area contributed by atoms with Crippen molar-refractivity contribution in [3.05, 3.63) is 34.9 Å². The second-order valence-corrected chi connectivity index (χ2v) is 3.95. The SMILES string of the molecule is CC(C)OC(=O)C(N)c1cccc(Cl)c1. The van der Waals surface area contributed by atoms with Crippen LogP contribution >= 0.6 is 11.6 Å². The monoisotopic (exact) mass is 227 g/mol. The Morgan fingerprint density at radius 3 is 2.67 bits per heavy atom. The lowest BCUT2D eigenvalue weighted by Gasteiger charge is -2.14. The smallest absolute Gasteiger partial charge is 0.327 e. The van der Waals surface area contributed by atoms with Gasteiger partial charge in [0.15, 0.2) is 0 Å². The Morgan fingerprint density at radius 2 is 2.13 bits per heavy atom. The first kappa shape index (κ1) is 12.0. The first-order chi connectivity index (χ1) is 7.00. The second-order valence-electron chi connectivity index (χ2n) is 3.52. The highest BCUT2D eigenvalue weighted by Crippen LogP contribution is 2.17. The Labute approximate surface area is 94.2 Å². The summed E-state index contributed by atoms with van der Waals surface area (Å²) in [6.45, 7) is 3.56. The van der Waals surface area contributed by atoms with E-state index in [2.05, 4.69) is 0 Å². The maximum absolute atomic E-state index is 11.5. The summed E-state index contributed by atoms with van der Waals surface area (Å²) in [5.74, 6) is -0.438. The molecule has 1 rings (SSSR count). The van der Waals surface area contributed by atoms with E-state index < -0.39 is 12.0 Å². The molecule has 0 spiro atoms. The van der Waals surface area contributed by atoms with Gasteiger partial charge in [0.2, 0.25) is 0 Å². The van der Waals surface area contributed by atoms with Gasteiger partial charge in [-0.25, -0.2) is 4.79 Å². The molecule has 0 bridgehead atoms. The molecule has 0 radical (unpaired) electrons. The highest BCUT2D eigenvalue weighted by atomic mass is 35.5. The molecule has 1 unspecified atom stereocenters. The number of rotatable bonds is 3. The normalized spacial score (nSPS) is 12.6. The van der Waals surface area contributed by atoms with Crippen LogP contribution in [0.15, 0.2) is 24.3 Å². The summed E-state index contributed by atoms with van der Waals surface area (Å²) in [5.41, 5.74) is 6.38. The number of carbonyl (C=O) groups excluding carboxylic acids is 1. The predicted molar refractivity (Wildman–Crippen MR) is 59.6 cm³/mol. The number of hydrogen-bond donors (Lipinski definition) is 1. The standard InChI is InChI=1S/C11H14ClNO2/c1-7(2)15-11(14)10(13)8-4-3-5-9(12)6-8/h3-7,10H,13H2,1-2H3. The molecular weight excluding hydrogens is 214 g/mol. The topological polar surface area (TPSA) is 52.3 Å². The third-order valence-corrected chi connectivity index (χ3v) is 2.05. The van der Waals surface area contributed by atoms with Crippen molar-refractivity contribution in [3.8, 4) is 0 Å². The summed E-state index contributed by atoms with van der Waals surface area (Å²) in [5, 5.41) is 0.556. The van der Waals surface area contributed by atoms with Gasteiger partial charge in [-0.3, -0.25) is 0 Å². The summed E-state index contributed by atoms with van der Waals surface area (Å²) in [6.07, 6.45) is -0.164. The third kappa shape index (κ3) is 3.53.